The Morgan fingerprint density at radius 2 is 2.08 bits per heavy atom. The molecule has 1 aliphatic heterocycles. The first-order chi connectivity index (χ1) is 11.9. The lowest BCUT2D eigenvalue weighted by molar-refractivity contribution is -0.137. The van der Waals surface area contributed by atoms with Gasteiger partial charge in [-0.25, -0.2) is 0 Å². The molecule has 0 saturated carbocycles. The number of likely N-dealkylation sites (tertiary alicyclic amines) is 1. The average Bonchev–Trinajstić information content (AvgIpc) is 2.57. The van der Waals surface area contributed by atoms with Crippen LogP contribution in [0.4, 0.5) is 0 Å². The molecular weight excluding hydrogens is 312 g/mol. The highest BCUT2D eigenvalue weighted by atomic mass is 16.5. The van der Waals surface area contributed by atoms with Crippen molar-refractivity contribution in [2.24, 2.45) is 5.41 Å². The molecule has 1 unspecified atom stereocenters. The van der Waals surface area contributed by atoms with Crippen LogP contribution in [0.2, 0.25) is 0 Å². The lowest BCUT2D eigenvalue weighted by atomic mass is 9.90. The number of rotatable bonds is 11. The summed E-state index contributed by atoms with van der Waals surface area (Å²) in [5, 5.41) is 3.54. The minimum absolute atomic E-state index is 0.142. The lowest BCUT2D eigenvalue weighted by Gasteiger charge is -2.33. The van der Waals surface area contributed by atoms with Crippen molar-refractivity contribution in [3.8, 4) is 0 Å². The van der Waals surface area contributed by atoms with Gasteiger partial charge < -0.3 is 15.0 Å². The number of hydrogen-bond donors (Lipinski definition) is 1. The summed E-state index contributed by atoms with van der Waals surface area (Å²) < 4.78 is 5.60. The minimum Gasteiger partial charge on any atom is -0.372 e. The van der Waals surface area contributed by atoms with Crippen molar-refractivity contribution in [2.45, 2.75) is 78.7 Å². The number of carbonyl (C=O) groups excluding carboxylic acids is 1. The van der Waals surface area contributed by atoms with Gasteiger partial charge in [-0.2, -0.15) is 0 Å². The quantitative estimate of drug-likeness (QED) is 0.448. The number of nitrogens with zero attached hydrogens (tertiary/aromatic N) is 1. The zero-order valence-electron chi connectivity index (χ0n) is 17.0. The molecule has 4 nitrogen and oxygen atoms in total. The van der Waals surface area contributed by atoms with E-state index >= 15 is 0 Å². The molecule has 1 amide bonds. The Hall–Kier alpha value is -0.870. The summed E-state index contributed by atoms with van der Waals surface area (Å²) in [4.78, 5) is 14.3. The van der Waals surface area contributed by atoms with Gasteiger partial charge in [0, 0.05) is 32.3 Å². The largest absolute Gasteiger partial charge is 0.372 e. The van der Waals surface area contributed by atoms with Crippen molar-refractivity contribution >= 4 is 5.91 Å². The molecule has 1 heterocycles. The maximum atomic E-state index is 12.3. The van der Waals surface area contributed by atoms with E-state index in [9.17, 15) is 4.79 Å². The summed E-state index contributed by atoms with van der Waals surface area (Å²) in [6, 6.07) is 0.413. The highest BCUT2D eigenvalue weighted by Gasteiger charge is 2.22. The van der Waals surface area contributed by atoms with Crippen LogP contribution in [0.3, 0.4) is 0 Å². The van der Waals surface area contributed by atoms with Gasteiger partial charge in [0.1, 0.15) is 6.61 Å². The molecule has 0 aromatic rings. The van der Waals surface area contributed by atoms with E-state index in [0.29, 0.717) is 18.1 Å². The Morgan fingerprint density at radius 3 is 2.80 bits per heavy atom. The molecular formula is C21H40N2O2. The number of nitrogens with one attached hydrogen (secondary N) is 1. The molecule has 0 bridgehead atoms. The monoisotopic (exact) mass is 352 g/mol. The molecule has 0 aromatic carbocycles. The van der Waals surface area contributed by atoms with Crippen LogP contribution in [0.5, 0.6) is 0 Å². The van der Waals surface area contributed by atoms with Gasteiger partial charge >= 0.3 is 0 Å². The van der Waals surface area contributed by atoms with Crippen molar-refractivity contribution in [2.75, 3.05) is 32.8 Å². The van der Waals surface area contributed by atoms with Gasteiger partial charge in [-0.3, -0.25) is 4.79 Å². The average molecular weight is 353 g/mol. The van der Waals surface area contributed by atoms with Crippen molar-refractivity contribution < 1.29 is 9.53 Å². The molecule has 25 heavy (non-hydrogen) atoms. The first-order valence-corrected chi connectivity index (χ1v) is 10.2. The highest BCUT2D eigenvalue weighted by molar-refractivity contribution is 5.77. The zero-order chi connectivity index (χ0) is 18.5. The number of piperidine rings is 1. The predicted octanol–water partition coefficient (Wildman–Crippen LogP) is 4.16. The molecule has 1 fully saturated rings. The van der Waals surface area contributed by atoms with Gasteiger partial charge in [-0.05, 0) is 37.5 Å². The van der Waals surface area contributed by atoms with Crippen LogP contribution >= 0.6 is 0 Å². The van der Waals surface area contributed by atoms with Gasteiger partial charge in [0.25, 0.3) is 0 Å². The number of unbranched alkanes of at least 4 members (excludes halogenated alkanes) is 2. The van der Waals surface area contributed by atoms with Crippen molar-refractivity contribution in [3.05, 3.63) is 12.2 Å². The maximum Gasteiger partial charge on any atom is 0.248 e. The normalized spacial score (nSPS) is 18.9. The second-order valence-electron chi connectivity index (χ2n) is 8.42. The molecule has 1 rings (SSSR count). The summed E-state index contributed by atoms with van der Waals surface area (Å²) in [5.41, 5.74) is 0.386. The van der Waals surface area contributed by atoms with Crippen LogP contribution in [0.1, 0.15) is 72.6 Å². The molecule has 1 atom stereocenters. The van der Waals surface area contributed by atoms with E-state index in [0.717, 1.165) is 45.3 Å². The number of allylic oxidation sites excluding steroid dienone is 1. The van der Waals surface area contributed by atoms with E-state index in [4.69, 9.17) is 4.74 Å². The van der Waals surface area contributed by atoms with E-state index in [-0.39, 0.29) is 12.5 Å². The number of ether oxygens (including phenoxy) is 1. The Kier molecular flexibility index (Phi) is 11.1. The molecule has 1 N–H and O–H groups in total. The second kappa shape index (κ2) is 12.5. The SMILES string of the molecule is CCC/C=C/CNC1CCCN(C(=O)COCCCCC(C)(C)C)C1. The van der Waals surface area contributed by atoms with Gasteiger partial charge in [-0.15, -0.1) is 0 Å². The second-order valence-corrected chi connectivity index (χ2v) is 8.42. The molecule has 146 valence electrons. The lowest BCUT2D eigenvalue weighted by Crippen LogP contribution is -2.49. The van der Waals surface area contributed by atoms with Crippen LogP contribution in [0.25, 0.3) is 0 Å². The number of amides is 1. The summed E-state index contributed by atoms with van der Waals surface area (Å²) in [5.74, 6) is 0.142. The third-order valence-electron chi connectivity index (χ3n) is 4.61. The topological polar surface area (TPSA) is 41.6 Å². The third-order valence-corrected chi connectivity index (χ3v) is 4.61. The molecule has 1 saturated heterocycles. The molecule has 4 heteroatoms. The van der Waals surface area contributed by atoms with Crippen LogP contribution in [0.15, 0.2) is 12.2 Å². The molecule has 0 aliphatic carbocycles. The Morgan fingerprint density at radius 1 is 1.28 bits per heavy atom. The van der Waals surface area contributed by atoms with E-state index in [1.807, 2.05) is 4.90 Å². The fraction of sp³-hybridized carbons (Fsp3) is 0.857. The highest BCUT2D eigenvalue weighted by Crippen LogP contribution is 2.21. The molecule has 0 aromatic heterocycles. The standard InChI is InChI=1S/C21H40N2O2/c1-5-6-7-9-14-22-19-12-11-15-23(17-19)20(24)18-25-16-10-8-13-21(2,3)4/h7,9,19,22H,5-6,8,10-18H2,1-4H3/b9-7+. The van der Waals surface area contributed by atoms with E-state index < -0.39 is 0 Å². The summed E-state index contributed by atoms with van der Waals surface area (Å²) in [7, 11) is 0. The molecule has 1 aliphatic rings. The molecule has 0 spiro atoms. The van der Waals surface area contributed by atoms with Gasteiger partial charge in [0.05, 0.1) is 0 Å². The van der Waals surface area contributed by atoms with Crippen LogP contribution in [-0.2, 0) is 9.53 Å². The number of hydrogen-bond acceptors (Lipinski definition) is 3. The van der Waals surface area contributed by atoms with Crippen LogP contribution < -0.4 is 5.32 Å². The Bertz CT molecular complexity index is 388. The van der Waals surface area contributed by atoms with E-state index in [2.05, 4.69) is 45.2 Å². The minimum atomic E-state index is 0.142. The van der Waals surface area contributed by atoms with Gasteiger partial charge in [-0.1, -0.05) is 52.7 Å². The molecule has 0 radical (unpaired) electrons. The third kappa shape index (κ3) is 11.4. The van der Waals surface area contributed by atoms with Crippen molar-refractivity contribution in [1.29, 1.82) is 0 Å². The van der Waals surface area contributed by atoms with Gasteiger partial charge in [0.15, 0.2) is 0 Å². The summed E-state index contributed by atoms with van der Waals surface area (Å²) >= 11 is 0. The van der Waals surface area contributed by atoms with Crippen LogP contribution in [-0.4, -0.2) is 49.7 Å². The predicted molar refractivity (Wildman–Crippen MR) is 106 cm³/mol. The van der Waals surface area contributed by atoms with Gasteiger partial charge in [0.2, 0.25) is 5.91 Å². The Balaban J connectivity index is 2.14. The van der Waals surface area contributed by atoms with Crippen molar-refractivity contribution in [3.63, 3.8) is 0 Å². The maximum absolute atomic E-state index is 12.3. The van der Waals surface area contributed by atoms with Crippen LogP contribution in [0, 0.1) is 5.41 Å². The van der Waals surface area contributed by atoms with E-state index in [1.165, 1.54) is 19.3 Å². The Labute approximate surface area is 155 Å². The summed E-state index contributed by atoms with van der Waals surface area (Å²) in [6.45, 7) is 12.5. The zero-order valence-corrected chi connectivity index (χ0v) is 17.0. The fourth-order valence-electron chi connectivity index (χ4n) is 3.08. The summed E-state index contributed by atoms with van der Waals surface area (Å²) in [6.07, 6.45) is 12.4. The first-order valence-electron chi connectivity index (χ1n) is 10.2. The van der Waals surface area contributed by atoms with Crippen molar-refractivity contribution in [1.82, 2.24) is 10.2 Å². The number of carbonyl (C=O) groups is 1. The smallest absolute Gasteiger partial charge is 0.248 e. The fourth-order valence-corrected chi connectivity index (χ4v) is 3.08. The van der Waals surface area contributed by atoms with E-state index in [1.54, 1.807) is 0 Å². The first kappa shape index (κ1) is 22.2.